The smallest absolute Gasteiger partial charge is 0.490 e. The Labute approximate surface area is 594 Å². The van der Waals surface area contributed by atoms with Crippen molar-refractivity contribution in [2.24, 2.45) is 23.7 Å². The normalized spacial score (nSPS) is 23.0. The number of carbonyl (C=O) groups is 6. The minimum absolute atomic E-state index is 0.0171. The number of imide groups is 1. The zero-order chi connectivity index (χ0) is 73.3. The van der Waals surface area contributed by atoms with E-state index in [1.54, 1.807) is 6.07 Å². The number of phosphoric ester groups is 1. The number of carboxylic acid groups (broad SMARTS) is 1. The third-order valence-electron chi connectivity index (χ3n) is 19.0. The van der Waals surface area contributed by atoms with Crippen molar-refractivity contribution in [2.75, 3.05) is 97.0 Å². The average Bonchev–Trinajstić information content (AvgIpc) is 1.35. The molecule has 7 heterocycles. The molecule has 2 aromatic carbocycles. The molecule has 10 rings (SSSR count). The van der Waals surface area contributed by atoms with Crippen LogP contribution in [0.5, 0.6) is 11.5 Å². The van der Waals surface area contributed by atoms with Gasteiger partial charge in [0.25, 0.3) is 5.91 Å². The minimum Gasteiger partial charge on any atom is -0.550 e. The van der Waals surface area contributed by atoms with Crippen molar-refractivity contribution in [3.63, 3.8) is 0 Å². The third kappa shape index (κ3) is 21.0. The molecule has 8 N–H and O–H groups in total. The van der Waals surface area contributed by atoms with Crippen LogP contribution in [0.25, 0.3) is 5.57 Å². The van der Waals surface area contributed by atoms with Crippen LogP contribution in [-0.4, -0.2) is 166 Å². The molecule has 2 fully saturated rings. The van der Waals surface area contributed by atoms with Gasteiger partial charge in [-0.2, -0.15) is 19.1 Å². The zero-order valence-corrected chi connectivity index (χ0v) is 59.4. The second-order valence-electron chi connectivity index (χ2n) is 26.0. The molecule has 1 saturated heterocycles. The van der Waals surface area contributed by atoms with E-state index in [9.17, 15) is 62.6 Å². The minimum atomic E-state index is -5.83. The number of rotatable bonds is 34. The summed E-state index contributed by atoms with van der Waals surface area (Å²) in [6.07, 6.45) is 11.7. The van der Waals surface area contributed by atoms with E-state index in [0.29, 0.717) is 51.6 Å². The van der Waals surface area contributed by atoms with Gasteiger partial charge in [-0.25, -0.2) is 23.1 Å². The summed E-state index contributed by atoms with van der Waals surface area (Å²) in [6, 6.07) is 8.31. The van der Waals surface area contributed by atoms with Gasteiger partial charge in [0, 0.05) is 117 Å². The number of ether oxygens (including phenoxy) is 7. The highest BCUT2D eigenvalue weighted by atomic mass is 31.3. The first kappa shape index (κ1) is 77.8. The summed E-state index contributed by atoms with van der Waals surface area (Å²) < 4.78 is 89.7. The fraction of sp³-hybridized carbons (Fsp3) is 0.574. The molecule has 9 atom stereocenters. The predicted molar refractivity (Wildman–Crippen MR) is 360 cm³/mol. The van der Waals surface area contributed by atoms with Gasteiger partial charge in [-0.05, 0) is 106 Å². The number of carbonyl (C=O) groups excluding carboxylic acids is 6. The number of phosphoric acid groups is 3. The Morgan fingerprint density at radius 3 is 2.35 bits per heavy atom. The lowest BCUT2D eigenvalue weighted by atomic mass is 9.67. The van der Waals surface area contributed by atoms with Crippen LogP contribution >= 0.6 is 23.5 Å². The molecule has 2 aromatic rings. The second kappa shape index (κ2) is 36.3. The summed E-state index contributed by atoms with van der Waals surface area (Å²) in [4.78, 5) is 117. The van der Waals surface area contributed by atoms with Gasteiger partial charge in [0.15, 0.2) is 0 Å². The fourth-order valence-corrected chi connectivity index (χ4v) is 17.6. The number of amides is 5. The van der Waals surface area contributed by atoms with Crippen LogP contribution in [0.1, 0.15) is 118 Å². The van der Waals surface area contributed by atoms with Gasteiger partial charge in [0.2, 0.25) is 23.1 Å². The number of alkyl carbamates (subject to hydrolysis) is 1. The first-order valence-corrected chi connectivity index (χ1v) is 39.2. The lowest BCUT2D eigenvalue weighted by Crippen LogP contribution is -2.47. The molecule has 5 amide bonds. The van der Waals surface area contributed by atoms with Gasteiger partial charge in [0.05, 0.1) is 92.5 Å². The number of hydrogen-bond acceptors (Lipinski definition) is 23. The molecule has 1 aliphatic carbocycles. The number of fused-ring (bicyclic) bond motifs is 4. The lowest BCUT2D eigenvalue weighted by molar-refractivity contribution is -0.313. The number of nitrogens with zero attached hydrogens (tertiary/aromatic N) is 4. The molecular weight excluding hydrogens is 1410 g/mol. The number of aryl methyl sites for hydroxylation is 2. The average molecular weight is 1490 g/mol. The SMILES string of the molecule is N#C/C=C/O[C@@H]1C[C@H](C2C=C(C#CCCNC(=O)OCCO/C=C(\C#N)CCOCCOCCNC(=O)CCCCCNC(=O)C3CCC(C4=c5cc6c7c(c5Oc5c4cc4c8c5CCCN8CCC4)CCC[N+]=7CCC6)C(C(=O)[O-])C3)C(=O)NC2=O)O[C@@H]1COP(=O)(O)OP(=O)(O)OP(=O)(O)O. The van der Waals surface area contributed by atoms with Gasteiger partial charge >= 0.3 is 29.6 Å². The van der Waals surface area contributed by atoms with Gasteiger partial charge in [-0.1, -0.05) is 18.3 Å². The lowest BCUT2D eigenvalue weighted by Gasteiger charge is -2.42. The number of nitrogens with one attached hydrogen (secondary N) is 4. The van der Waals surface area contributed by atoms with Crippen molar-refractivity contribution in [3.8, 4) is 35.5 Å². The summed E-state index contributed by atoms with van der Waals surface area (Å²) >= 11 is 0. The molecule has 7 aliphatic heterocycles. The van der Waals surface area contributed by atoms with Crippen LogP contribution in [0.4, 0.5) is 10.5 Å². The van der Waals surface area contributed by atoms with Crippen molar-refractivity contribution in [3.05, 3.63) is 86.3 Å². The maximum Gasteiger partial charge on any atom is 0.490 e. The highest BCUT2D eigenvalue weighted by Crippen LogP contribution is 2.66. The van der Waals surface area contributed by atoms with E-state index in [1.165, 1.54) is 45.6 Å². The summed E-state index contributed by atoms with van der Waals surface area (Å²) in [5, 5.41) is 44.6. The predicted octanol–water partition coefficient (Wildman–Crippen LogP) is 2.74. The zero-order valence-electron chi connectivity index (χ0n) is 56.7. The van der Waals surface area contributed by atoms with E-state index >= 15 is 0 Å². The van der Waals surface area contributed by atoms with Crippen LogP contribution in [-0.2, 0) is 105 Å². The van der Waals surface area contributed by atoms with Crippen molar-refractivity contribution >= 4 is 70.4 Å². The van der Waals surface area contributed by atoms with E-state index in [4.69, 9.17) is 48.2 Å². The molecule has 32 nitrogen and oxygen atoms in total. The highest BCUT2D eigenvalue weighted by molar-refractivity contribution is 7.66. The molecule has 0 spiro atoms. The van der Waals surface area contributed by atoms with Crippen molar-refractivity contribution in [2.45, 2.75) is 134 Å². The van der Waals surface area contributed by atoms with Gasteiger partial charge < -0.3 is 83.5 Å². The molecule has 6 unspecified atom stereocenters. The molecule has 35 heteroatoms. The number of aliphatic carboxylic acids is 1. The molecule has 1 saturated carbocycles. The van der Waals surface area contributed by atoms with Crippen molar-refractivity contribution in [1.29, 1.82) is 10.5 Å². The molecular formula is C68H85N8O24P3. The second-order valence-corrected chi connectivity index (χ2v) is 30.4. The summed E-state index contributed by atoms with van der Waals surface area (Å²) in [7, 11) is -17.1. The number of anilines is 1. The van der Waals surface area contributed by atoms with Crippen LogP contribution in [0.15, 0.2) is 48.0 Å². The Hall–Kier alpha value is -7.82. The first-order valence-electron chi connectivity index (χ1n) is 34.6. The molecule has 103 heavy (non-hydrogen) atoms. The summed E-state index contributed by atoms with van der Waals surface area (Å²) in [6.45, 7) is 4.55. The van der Waals surface area contributed by atoms with Crippen LogP contribution in [0, 0.1) is 58.2 Å². The van der Waals surface area contributed by atoms with E-state index in [1.807, 2.05) is 6.07 Å². The maximum atomic E-state index is 13.7. The molecule has 8 aliphatic rings. The Bertz CT molecular complexity index is 4090. The molecule has 0 bridgehead atoms. The Balaban J connectivity index is 0.560. The number of nitriles is 2. The summed E-state index contributed by atoms with van der Waals surface area (Å²) in [5.41, 5.74) is 8.64. The van der Waals surface area contributed by atoms with Gasteiger partial charge in [-0.3, -0.25) is 29.0 Å². The number of allylic oxidation sites excluding steroid dienone is 1. The first-order chi connectivity index (χ1) is 49.5. The van der Waals surface area contributed by atoms with E-state index in [-0.39, 0.29) is 101 Å². The van der Waals surface area contributed by atoms with E-state index in [0.717, 1.165) is 118 Å². The maximum absolute atomic E-state index is 13.7. The van der Waals surface area contributed by atoms with E-state index < -0.39 is 90.0 Å². The largest absolute Gasteiger partial charge is 0.550 e. The Morgan fingerprint density at radius 2 is 1.57 bits per heavy atom. The topological polar surface area (TPSA) is 452 Å². The number of hydrogen-bond donors (Lipinski definition) is 8. The number of benzene rings is 2. The van der Waals surface area contributed by atoms with Crippen LogP contribution in [0.3, 0.4) is 0 Å². The van der Waals surface area contributed by atoms with Crippen LogP contribution in [0.2, 0.25) is 0 Å². The number of carboxylic acids is 1. The molecule has 0 radical (unpaired) electrons. The van der Waals surface area contributed by atoms with Gasteiger partial charge in [-0.15, -0.1) is 0 Å². The Kier molecular flexibility index (Phi) is 27.4. The Morgan fingerprint density at radius 1 is 0.806 bits per heavy atom. The van der Waals surface area contributed by atoms with Crippen LogP contribution < -0.4 is 51.2 Å². The highest BCUT2D eigenvalue weighted by Gasteiger charge is 2.48. The van der Waals surface area contributed by atoms with Crippen molar-refractivity contribution < 1.29 is 113 Å². The fourth-order valence-electron chi connectivity index (χ4n) is 14.6. The number of unbranched alkanes of at least 4 members (excludes halogenated alkanes) is 2. The van der Waals surface area contributed by atoms with E-state index in [2.05, 4.69) is 67.9 Å². The molecule has 556 valence electrons. The third-order valence-corrected chi connectivity index (χ3v) is 22.8. The summed E-state index contributed by atoms with van der Waals surface area (Å²) in [5.74, 6) is 1.18. The molecule has 0 aromatic heterocycles. The van der Waals surface area contributed by atoms with Crippen molar-refractivity contribution in [1.82, 2.24) is 25.8 Å². The van der Waals surface area contributed by atoms with Gasteiger partial charge in [0.1, 0.15) is 50.0 Å². The quantitative estimate of drug-likeness (QED) is 0.00949. The standard InChI is InChI=1S/C68H85N8O24P3/c69-20-10-28-94-56-39-55(97-57(56)42-96-102(87,88)100-103(89,90)99-101(84,85)86)52-38-46(65(79)74-66(52)80)11-3-5-22-73-68(83)95-34-33-93-41-43(40-70)19-29-91-31-32-92-30-23-71-58(77)16-2-1-4-21-72-64(78)47-17-18-48(51(37-47)67(81)82)59-53-35-44-12-6-24-75-26-8-14-49(60(44)75)62(53)98-63-50-15-9-27-76-25-7-13-45(61(50)76)36-54(59)63/h10,28,35-36,38,41,47-48,51-52,55-57H,1-2,4-9,12-19,21-27,29-34,37,39,42H2,(H8-,71,72,73,74,77,78,79,80,81,82,83,84,85,86,87,88,89,90)/b28-10+,43-41-/t47?,48?,51?,52?,55-,56-,57-/m1/s1. The monoisotopic (exact) mass is 1490 g/mol.